The first kappa shape index (κ1) is 20.3. The second-order valence-corrected chi connectivity index (χ2v) is 7.95. The highest BCUT2D eigenvalue weighted by Gasteiger charge is 2.30. The molecule has 1 aromatic heterocycles. The van der Waals surface area contributed by atoms with Crippen LogP contribution in [0.15, 0.2) is 83.9 Å². The number of nitrogens with one attached hydrogen (secondary N) is 1. The molecule has 3 aromatic carbocycles. The van der Waals surface area contributed by atoms with Crippen molar-refractivity contribution in [3.05, 3.63) is 113 Å². The number of fused-ring (bicyclic) bond motifs is 3. The number of aromatic nitrogens is 3. The average Bonchev–Trinajstić information content (AvgIpc) is 3.22. The summed E-state index contributed by atoms with van der Waals surface area (Å²) in [5.41, 5.74) is 4.42. The molecule has 0 radical (unpaired) electrons. The zero-order chi connectivity index (χ0) is 22.1. The summed E-state index contributed by atoms with van der Waals surface area (Å²) in [5, 5.41) is 12.5. The first-order valence-corrected chi connectivity index (χ1v) is 10.8. The molecule has 0 amide bonds. The number of hydrogen-bond donors (Lipinski definition) is 1. The molecule has 0 spiro atoms. The van der Waals surface area contributed by atoms with Crippen molar-refractivity contribution in [3.63, 3.8) is 0 Å². The largest absolute Gasteiger partial charge is 0.319 e. The molecule has 0 fully saturated rings. The van der Waals surface area contributed by atoms with Crippen molar-refractivity contribution in [2.75, 3.05) is 13.6 Å². The Bertz CT molecular complexity index is 1260. The third kappa shape index (κ3) is 3.52. The molecule has 1 aliphatic heterocycles. The predicted molar refractivity (Wildman–Crippen MR) is 124 cm³/mol. The zero-order valence-corrected chi connectivity index (χ0v) is 18.0. The van der Waals surface area contributed by atoms with E-state index in [1.165, 1.54) is 6.07 Å². The topological polar surface area (TPSA) is 55.1 Å². The van der Waals surface area contributed by atoms with E-state index in [0.717, 1.165) is 39.7 Å². The summed E-state index contributed by atoms with van der Waals surface area (Å²) in [5.74, 6) is 1.24. The number of benzene rings is 3. The highest BCUT2D eigenvalue weighted by Crippen LogP contribution is 2.34. The zero-order valence-electron chi connectivity index (χ0n) is 18.0. The van der Waals surface area contributed by atoms with Crippen molar-refractivity contribution >= 4 is 5.71 Å². The Hall–Kier alpha value is -3.64. The van der Waals surface area contributed by atoms with E-state index in [9.17, 15) is 4.39 Å². The van der Waals surface area contributed by atoms with E-state index in [0.29, 0.717) is 6.54 Å². The van der Waals surface area contributed by atoms with Gasteiger partial charge in [0.2, 0.25) is 0 Å². The monoisotopic (exact) mass is 425 g/mol. The molecule has 4 aromatic rings. The summed E-state index contributed by atoms with van der Waals surface area (Å²) in [6.45, 7) is 2.70. The highest BCUT2D eigenvalue weighted by molar-refractivity contribution is 6.15. The fourth-order valence-electron chi connectivity index (χ4n) is 4.34. The Balaban J connectivity index is 1.75. The van der Waals surface area contributed by atoms with Crippen LogP contribution < -0.4 is 5.32 Å². The van der Waals surface area contributed by atoms with Crippen LogP contribution >= 0.6 is 0 Å². The molecule has 5 nitrogen and oxygen atoms in total. The van der Waals surface area contributed by atoms with Gasteiger partial charge in [0.05, 0.1) is 17.3 Å². The fraction of sp³-hybridized carbons (Fsp3) is 0.192. The van der Waals surface area contributed by atoms with Crippen LogP contribution in [0.2, 0.25) is 0 Å². The normalized spacial score (nSPS) is 16.0. The first-order valence-electron chi connectivity index (χ1n) is 10.8. The van der Waals surface area contributed by atoms with Gasteiger partial charge in [-0.05, 0) is 37.7 Å². The Morgan fingerprint density at radius 3 is 2.41 bits per heavy atom. The van der Waals surface area contributed by atoms with Gasteiger partial charge in [-0.1, -0.05) is 60.7 Å². The molecule has 6 heteroatoms. The van der Waals surface area contributed by atoms with Crippen molar-refractivity contribution in [1.82, 2.24) is 20.1 Å². The predicted octanol–water partition coefficient (Wildman–Crippen LogP) is 4.67. The Morgan fingerprint density at radius 2 is 1.69 bits per heavy atom. The average molecular weight is 426 g/mol. The lowest BCUT2D eigenvalue weighted by Crippen LogP contribution is -2.22. The smallest absolute Gasteiger partial charge is 0.162 e. The van der Waals surface area contributed by atoms with E-state index in [2.05, 4.69) is 32.2 Å². The lowest BCUT2D eigenvalue weighted by Gasteiger charge is -2.20. The SMILES string of the molecule is CNCC(c1ccccc1)c1nnc2n1-c1ccc(F)cc1C(c1ccccc1)=NC2C. The quantitative estimate of drug-likeness (QED) is 0.506. The molecule has 1 N–H and O–H groups in total. The van der Waals surface area contributed by atoms with Crippen molar-refractivity contribution in [2.45, 2.75) is 18.9 Å². The molecule has 5 rings (SSSR count). The van der Waals surface area contributed by atoms with Crippen molar-refractivity contribution in [2.24, 2.45) is 4.99 Å². The number of rotatable bonds is 5. The number of likely N-dealkylation sites (N-methyl/N-ethyl adjacent to an activating group) is 1. The molecule has 0 bridgehead atoms. The molecular weight excluding hydrogens is 401 g/mol. The molecule has 0 saturated carbocycles. The third-order valence-electron chi connectivity index (χ3n) is 5.83. The second-order valence-electron chi connectivity index (χ2n) is 7.95. The highest BCUT2D eigenvalue weighted by atomic mass is 19.1. The molecule has 32 heavy (non-hydrogen) atoms. The van der Waals surface area contributed by atoms with E-state index in [-0.39, 0.29) is 17.8 Å². The van der Waals surface area contributed by atoms with Gasteiger partial charge in [0, 0.05) is 17.7 Å². The van der Waals surface area contributed by atoms with Crippen LogP contribution in [-0.4, -0.2) is 34.1 Å². The van der Waals surface area contributed by atoms with Gasteiger partial charge < -0.3 is 5.32 Å². The van der Waals surface area contributed by atoms with E-state index < -0.39 is 0 Å². The standard InChI is InChI=1S/C26H24FN5/c1-17-25-30-31-26(22(16-28-2)18-9-5-3-6-10-18)32(25)23-14-13-20(27)15-21(23)24(29-17)19-11-7-4-8-12-19/h3-15,17,22,28H,16H2,1-2H3. The maximum Gasteiger partial charge on any atom is 0.162 e. The van der Waals surface area contributed by atoms with Gasteiger partial charge in [0.1, 0.15) is 17.7 Å². The van der Waals surface area contributed by atoms with Crippen LogP contribution in [0.1, 0.15) is 47.2 Å². The van der Waals surface area contributed by atoms with Crippen LogP contribution in [0.25, 0.3) is 5.69 Å². The Kier molecular flexibility index (Phi) is 5.37. The summed E-state index contributed by atoms with van der Waals surface area (Å²) in [7, 11) is 1.93. The molecule has 2 heterocycles. The molecule has 0 saturated heterocycles. The molecule has 0 aliphatic carbocycles. The van der Waals surface area contributed by atoms with Crippen molar-refractivity contribution < 1.29 is 4.39 Å². The van der Waals surface area contributed by atoms with E-state index in [4.69, 9.17) is 4.99 Å². The molecular formula is C26H24FN5. The third-order valence-corrected chi connectivity index (χ3v) is 5.83. The van der Waals surface area contributed by atoms with Gasteiger partial charge in [-0.25, -0.2) is 4.39 Å². The number of aliphatic imine (C=N–C) groups is 1. The minimum Gasteiger partial charge on any atom is -0.319 e. The first-order chi connectivity index (χ1) is 15.7. The number of nitrogens with zero attached hydrogens (tertiary/aromatic N) is 4. The lowest BCUT2D eigenvalue weighted by atomic mass is 9.97. The summed E-state index contributed by atoms with van der Waals surface area (Å²) in [6.07, 6.45) is 0. The van der Waals surface area contributed by atoms with Crippen LogP contribution in [0.4, 0.5) is 4.39 Å². The van der Waals surface area contributed by atoms with Crippen molar-refractivity contribution in [1.29, 1.82) is 0 Å². The van der Waals surface area contributed by atoms with Gasteiger partial charge >= 0.3 is 0 Å². The minimum atomic E-state index is -0.298. The van der Waals surface area contributed by atoms with Crippen molar-refractivity contribution in [3.8, 4) is 5.69 Å². The lowest BCUT2D eigenvalue weighted by molar-refractivity contribution is 0.625. The molecule has 2 atom stereocenters. The molecule has 1 aliphatic rings. The second kappa shape index (κ2) is 8.48. The maximum atomic E-state index is 14.5. The van der Waals surface area contributed by atoms with Crippen LogP contribution in [0.3, 0.4) is 0 Å². The Labute approximate surface area is 186 Å². The van der Waals surface area contributed by atoms with Crippen LogP contribution in [0.5, 0.6) is 0 Å². The van der Waals surface area contributed by atoms with Crippen LogP contribution in [-0.2, 0) is 0 Å². The Morgan fingerprint density at radius 1 is 0.969 bits per heavy atom. The fourth-order valence-corrected chi connectivity index (χ4v) is 4.34. The van der Waals surface area contributed by atoms with Gasteiger partial charge in [0.15, 0.2) is 5.82 Å². The maximum absolute atomic E-state index is 14.5. The number of halogens is 1. The summed E-state index contributed by atoms with van der Waals surface area (Å²) < 4.78 is 16.5. The van der Waals surface area contributed by atoms with Gasteiger partial charge in [-0.3, -0.25) is 9.56 Å². The van der Waals surface area contributed by atoms with Crippen LogP contribution in [0, 0.1) is 5.82 Å². The van der Waals surface area contributed by atoms with Gasteiger partial charge in [-0.2, -0.15) is 0 Å². The summed E-state index contributed by atoms with van der Waals surface area (Å²) in [6, 6.07) is 24.8. The minimum absolute atomic E-state index is 0.0224. The van der Waals surface area contributed by atoms with E-state index in [1.807, 2.05) is 62.5 Å². The molecule has 160 valence electrons. The molecule has 2 unspecified atom stereocenters. The number of hydrogen-bond acceptors (Lipinski definition) is 4. The van der Waals surface area contributed by atoms with E-state index in [1.54, 1.807) is 12.1 Å². The summed E-state index contributed by atoms with van der Waals surface area (Å²) >= 11 is 0. The van der Waals surface area contributed by atoms with Gasteiger partial charge in [-0.15, -0.1) is 10.2 Å². The van der Waals surface area contributed by atoms with Gasteiger partial charge in [0.25, 0.3) is 0 Å². The summed E-state index contributed by atoms with van der Waals surface area (Å²) in [4.78, 5) is 4.97. The van der Waals surface area contributed by atoms with E-state index >= 15 is 0 Å².